The van der Waals surface area contributed by atoms with E-state index >= 15 is 0 Å². The van der Waals surface area contributed by atoms with Crippen LogP contribution >= 0.6 is 0 Å². The third-order valence-corrected chi connectivity index (χ3v) is 6.39. The molecule has 1 aromatic heterocycles. The van der Waals surface area contributed by atoms with Gasteiger partial charge in [-0.15, -0.1) is 0 Å². The highest BCUT2D eigenvalue weighted by Gasteiger charge is 2.27. The lowest BCUT2D eigenvalue weighted by atomic mass is 9.83. The normalized spacial score (nSPS) is 15.7. The Morgan fingerprint density at radius 1 is 1.12 bits per heavy atom. The number of rotatable bonds is 5. The van der Waals surface area contributed by atoms with E-state index in [-0.39, 0.29) is 18.1 Å². The Morgan fingerprint density at radius 2 is 1.81 bits per heavy atom. The lowest BCUT2D eigenvalue weighted by Gasteiger charge is -2.38. The Labute approximate surface area is 188 Å². The number of nitrogens with zero attached hydrogens (tertiary/aromatic N) is 3. The zero-order valence-electron chi connectivity index (χ0n) is 19.4. The number of benzene rings is 2. The molecule has 0 bridgehead atoms. The average Bonchev–Trinajstić information content (AvgIpc) is 2.77. The van der Waals surface area contributed by atoms with Gasteiger partial charge in [0.25, 0.3) is 5.56 Å². The molecule has 2 aromatic carbocycles. The molecule has 0 aliphatic carbocycles. The maximum atomic E-state index is 13.2. The van der Waals surface area contributed by atoms with Gasteiger partial charge in [-0.2, -0.15) is 0 Å². The van der Waals surface area contributed by atoms with Crippen molar-refractivity contribution in [3.05, 3.63) is 69.5 Å². The third-order valence-electron chi connectivity index (χ3n) is 6.39. The second-order valence-corrected chi connectivity index (χ2v) is 9.50. The summed E-state index contributed by atoms with van der Waals surface area (Å²) in [6.07, 6.45) is 2.64. The molecule has 6 heteroatoms. The van der Waals surface area contributed by atoms with Crippen LogP contribution in [0.1, 0.15) is 48.2 Å². The molecular formula is C26H31N3O3. The van der Waals surface area contributed by atoms with Crippen molar-refractivity contribution in [2.24, 2.45) is 12.5 Å². The Hall–Kier alpha value is -3.15. The van der Waals surface area contributed by atoms with Gasteiger partial charge in [0.1, 0.15) is 0 Å². The largest absolute Gasteiger partial charge is 0.462 e. The van der Waals surface area contributed by atoms with E-state index in [2.05, 4.69) is 18.7 Å². The van der Waals surface area contributed by atoms with E-state index in [1.54, 1.807) is 23.7 Å². The van der Waals surface area contributed by atoms with E-state index in [1.807, 2.05) is 37.3 Å². The quantitative estimate of drug-likeness (QED) is 0.563. The van der Waals surface area contributed by atoms with Gasteiger partial charge in [-0.1, -0.05) is 38.1 Å². The molecule has 6 nitrogen and oxygen atoms in total. The summed E-state index contributed by atoms with van der Waals surface area (Å²) in [5, 5.41) is 0.609. The number of aryl methyl sites for hydroxylation is 1. The fourth-order valence-electron chi connectivity index (χ4n) is 4.29. The van der Waals surface area contributed by atoms with E-state index in [0.29, 0.717) is 34.3 Å². The topological polar surface area (TPSA) is 64.4 Å². The van der Waals surface area contributed by atoms with Crippen LogP contribution < -0.4 is 10.5 Å². The Kier molecular flexibility index (Phi) is 6.04. The van der Waals surface area contributed by atoms with Crippen LogP contribution in [0.3, 0.4) is 0 Å². The van der Waals surface area contributed by atoms with Crippen LogP contribution in [0.4, 0.5) is 5.95 Å². The van der Waals surface area contributed by atoms with Crippen molar-refractivity contribution in [1.82, 2.24) is 9.55 Å². The predicted molar refractivity (Wildman–Crippen MR) is 127 cm³/mol. The van der Waals surface area contributed by atoms with Gasteiger partial charge in [0.2, 0.25) is 5.95 Å². The fraction of sp³-hybridized carbons (Fsp3) is 0.423. The minimum atomic E-state index is -0.344. The molecule has 168 valence electrons. The van der Waals surface area contributed by atoms with Gasteiger partial charge in [0.15, 0.2) is 0 Å². The number of hydrogen-bond donors (Lipinski definition) is 0. The number of fused-ring (bicyclic) bond motifs is 1. The van der Waals surface area contributed by atoms with Crippen LogP contribution in [-0.4, -0.2) is 35.2 Å². The van der Waals surface area contributed by atoms with Gasteiger partial charge in [-0.25, -0.2) is 9.78 Å². The monoisotopic (exact) mass is 433 g/mol. The summed E-state index contributed by atoms with van der Waals surface area (Å²) in [4.78, 5) is 32.6. The predicted octanol–water partition coefficient (Wildman–Crippen LogP) is 4.27. The van der Waals surface area contributed by atoms with Crippen molar-refractivity contribution < 1.29 is 9.53 Å². The van der Waals surface area contributed by atoms with Crippen LogP contribution in [0.5, 0.6) is 0 Å². The van der Waals surface area contributed by atoms with Crippen molar-refractivity contribution in [3.63, 3.8) is 0 Å². The van der Waals surface area contributed by atoms with Crippen LogP contribution in [0, 0.1) is 12.3 Å². The molecule has 0 unspecified atom stereocenters. The molecule has 3 aromatic rings. The molecule has 1 saturated heterocycles. The van der Waals surface area contributed by atoms with E-state index < -0.39 is 0 Å². The maximum Gasteiger partial charge on any atom is 0.338 e. The smallest absolute Gasteiger partial charge is 0.338 e. The zero-order valence-corrected chi connectivity index (χ0v) is 19.4. The molecule has 2 heterocycles. The summed E-state index contributed by atoms with van der Waals surface area (Å²) in [5.74, 6) is 0.368. The second kappa shape index (κ2) is 8.77. The maximum absolute atomic E-state index is 13.2. The highest BCUT2D eigenvalue weighted by Crippen LogP contribution is 2.32. The number of carbonyl (C=O) groups excluding carboxylic acids is 1. The summed E-state index contributed by atoms with van der Waals surface area (Å²) in [5.41, 5.74) is 3.43. The SMILES string of the molecule is Cc1cc(CCOC(=O)c2ccccc2)c2nc(N3CCC(C)(C)CC3)n(C)c(=O)c2c1. The highest BCUT2D eigenvalue weighted by molar-refractivity contribution is 5.89. The molecule has 0 atom stereocenters. The first kappa shape index (κ1) is 22.1. The summed E-state index contributed by atoms with van der Waals surface area (Å²) >= 11 is 0. The van der Waals surface area contributed by atoms with Crippen LogP contribution in [0.2, 0.25) is 0 Å². The van der Waals surface area contributed by atoms with Gasteiger partial charge >= 0.3 is 5.97 Å². The number of ether oxygens (including phenoxy) is 1. The minimum absolute atomic E-state index is 0.0407. The van der Waals surface area contributed by atoms with Crippen molar-refractivity contribution in [3.8, 4) is 0 Å². The van der Waals surface area contributed by atoms with E-state index in [1.165, 1.54) is 0 Å². The highest BCUT2D eigenvalue weighted by atomic mass is 16.5. The minimum Gasteiger partial charge on any atom is -0.462 e. The van der Waals surface area contributed by atoms with E-state index in [4.69, 9.17) is 9.72 Å². The molecule has 0 radical (unpaired) electrons. The first-order chi connectivity index (χ1) is 15.2. The van der Waals surface area contributed by atoms with Crippen molar-refractivity contribution in [2.45, 2.75) is 40.0 Å². The van der Waals surface area contributed by atoms with Gasteiger partial charge in [-0.05, 0) is 54.5 Å². The molecule has 0 saturated carbocycles. The molecule has 0 amide bonds. The number of piperidine rings is 1. The Morgan fingerprint density at radius 3 is 2.50 bits per heavy atom. The lowest BCUT2D eigenvalue weighted by molar-refractivity contribution is 0.0509. The summed E-state index contributed by atoms with van der Waals surface area (Å²) < 4.78 is 7.15. The van der Waals surface area contributed by atoms with Crippen molar-refractivity contribution >= 4 is 22.8 Å². The first-order valence-corrected chi connectivity index (χ1v) is 11.2. The number of anilines is 1. The molecule has 1 aliphatic rings. The van der Waals surface area contributed by atoms with Crippen LogP contribution in [0.25, 0.3) is 10.9 Å². The molecule has 0 N–H and O–H groups in total. The number of aromatic nitrogens is 2. The molecule has 1 aliphatic heterocycles. The van der Waals surface area contributed by atoms with Crippen molar-refractivity contribution in [2.75, 3.05) is 24.6 Å². The van der Waals surface area contributed by atoms with E-state index in [9.17, 15) is 9.59 Å². The summed E-state index contributed by atoms with van der Waals surface area (Å²) in [6, 6.07) is 12.9. The number of carbonyl (C=O) groups is 1. The zero-order chi connectivity index (χ0) is 22.9. The third kappa shape index (κ3) is 4.54. The molecule has 4 rings (SSSR count). The lowest BCUT2D eigenvalue weighted by Crippen LogP contribution is -2.40. The average molecular weight is 434 g/mol. The molecule has 0 spiro atoms. The number of hydrogen-bond acceptors (Lipinski definition) is 5. The molecule has 1 fully saturated rings. The molecule has 32 heavy (non-hydrogen) atoms. The summed E-state index contributed by atoms with van der Waals surface area (Å²) in [7, 11) is 1.80. The van der Waals surface area contributed by atoms with Gasteiger partial charge in [0.05, 0.1) is 23.1 Å². The van der Waals surface area contributed by atoms with Crippen molar-refractivity contribution in [1.29, 1.82) is 0 Å². The second-order valence-electron chi connectivity index (χ2n) is 9.50. The Bertz CT molecular complexity index is 1190. The van der Waals surface area contributed by atoms with Gasteiger partial charge in [0, 0.05) is 26.6 Å². The first-order valence-electron chi connectivity index (χ1n) is 11.2. The van der Waals surface area contributed by atoms with Gasteiger partial charge in [-0.3, -0.25) is 9.36 Å². The van der Waals surface area contributed by atoms with Crippen LogP contribution in [0.15, 0.2) is 47.3 Å². The Balaban J connectivity index is 1.61. The van der Waals surface area contributed by atoms with E-state index in [0.717, 1.165) is 37.1 Å². The standard InChI is InChI=1S/C26H31N3O3/c1-18-16-20(10-15-32-24(31)19-8-6-5-7-9-19)22-21(17-18)23(30)28(4)25(27-22)29-13-11-26(2,3)12-14-29/h5-9,16-17H,10-15H2,1-4H3. The van der Waals surface area contributed by atoms with Crippen LogP contribution in [-0.2, 0) is 18.2 Å². The van der Waals surface area contributed by atoms with Gasteiger partial charge < -0.3 is 9.64 Å². The number of esters is 1. The fourth-order valence-corrected chi connectivity index (χ4v) is 4.29. The summed E-state index contributed by atoms with van der Waals surface area (Å²) in [6.45, 7) is 8.54. The molecular weight excluding hydrogens is 402 g/mol.